The van der Waals surface area contributed by atoms with Crippen molar-refractivity contribution < 1.29 is 18.7 Å². The Kier molecular flexibility index (Phi) is 4.88. The van der Waals surface area contributed by atoms with Crippen LogP contribution >= 0.6 is 0 Å². The van der Waals surface area contributed by atoms with E-state index in [9.17, 15) is 9.18 Å². The van der Waals surface area contributed by atoms with Crippen molar-refractivity contribution in [3.63, 3.8) is 0 Å². The van der Waals surface area contributed by atoms with E-state index in [-0.39, 0.29) is 17.4 Å². The molecule has 1 aliphatic heterocycles. The van der Waals surface area contributed by atoms with Crippen LogP contribution in [-0.2, 0) is 4.79 Å². The third kappa shape index (κ3) is 3.20. The van der Waals surface area contributed by atoms with Gasteiger partial charge in [-0.2, -0.15) is 4.39 Å². The highest BCUT2D eigenvalue weighted by Crippen LogP contribution is 2.33. The van der Waals surface area contributed by atoms with Crippen LogP contribution in [0, 0.1) is 5.82 Å². The van der Waals surface area contributed by atoms with E-state index in [0.717, 1.165) is 5.69 Å². The van der Waals surface area contributed by atoms with Crippen molar-refractivity contribution in [2.75, 3.05) is 45.3 Å². The molecule has 0 N–H and O–H groups in total. The Morgan fingerprint density at radius 2 is 1.67 bits per heavy atom. The number of carbonyl (C=O) groups is 1. The summed E-state index contributed by atoms with van der Waals surface area (Å²) in [7, 11) is 2.86. The molecule has 6 heteroatoms. The van der Waals surface area contributed by atoms with Crippen molar-refractivity contribution in [2.24, 2.45) is 0 Å². The van der Waals surface area contributed by atoms with Crippen molar-refractivity contribution in [1.82, 2.24) is 4.90 Å². The summed E-state index contributed by atoms with van der Waals surface area (Å²) in [6.45, 7) is 4.64. The average molecular weight is 296 g/mol. The molecule has 5 nitrogen and oxygen atoms in total. The van der Waals surface area contributed by atoms with E-state index >= 15 is 0 Å². The van der Waals surface area contributed by atoms with Crippen LogP contribution in [0.4, 0.5) is 10.1 Å². The third-order valence-electron chi connectivity index (χ3n) is 3.73. The van der Waals surface area contributed by atoms with Crippen molar-refractivity contribution in [3.05, 3.63) is 17.9 Å². The molecule has 1 fully saturated rings. The van der Waals surface area contributed by atoms with Crippen LogP contribution < -0.4 is 14.4 Å². The molecule has 0 atom stereocenters. The Morgan fingerprint density at radius 1 is 1.14 bits per heavy atom. The lowest BCUT2D eigenvalue weighted by Gasteiger charge is -2.36. The van der Waals surface area contributed by atoms with Crippen molar-refractivity contribution in [2.45, 2.75) is 13.3 Å². The quantitative estimate of drug-likeness (QED) is 0.851. The van der Waals surface area contributed by atoms with Gasteiger partial charge < -0.3 is 19.3 Å². The molecule has 1 aliphatic rings. The zero-order valence-electron chi connectivity index (χ0n) is 12.7. The number of anilines is 1. The number of piperazine rings is 1. The van der Waals surface area contributed by atoms with Crippen molar-refractivity contribution >= 4 is 11.6 Å². The van der Waals surface area contributed by atoms with Gasteiger partial charge in [-0.15, -0.1) is 0 Å². The minimum atomic E-state index is -0.497. The minimum absolute atomic E-state index is 0.163. The van der Waals surface area contributed by atoms with Gasteiger partial charge >= 0.3 is 0 Å². The van der Waals surface area contributed by atoms with Gasteiger partial charge in [0.05, 0.1) is 14.2 Å². The molecule has 1 aromatic carbocycles. The first-order chi connectivity index (χ1) is 10.1. The number of carbonyl (C=O) groups excluding carboxylic acids is 1. The minimum Gasteiger partial charge on any atom is -0.493 e. The fourth-order valence-corrected chi connectivity index (χ4v) is 2.48. The van der Waals surface area contributed by atoms with E-state index in [4.69, 9.17) is 9.47 Å². The van der Waals surface area contributed by atoms with Crippen LogP contribution in [0.2, 0.25) is 0 Å². The number of hydrogen-bond acceptors (Lipinski definition) is 4. The molecule has 1 amide bonds. The summed E-state index contributed by atoms with van der Waals surface area (Å²) in [6.07, 6.45) is 0.526. The van der Waals surface area contributed by atoms with Crippen LogP contribution in [0.5, 0.6) is 11.5 Å². The maximum absolute atomic E-state index is 13.9. The lowest BCUT2D eigenvalue weighted by Crippen LogP contribution is -2.48. The molecule has 0 aliphatic carbocycles. The molecule has 1 heterocycles. The van der Waals surface area contributed by atoms with Gasteiger partial charge in [0.2, 0.25) is 11.7 Å². The Hall–Kier alpha value is -1.98. The number of nitrogens with zero attached hydrogens (tertiary/aromatic N) is 2. The number of amides is 1. The predicted octanol–water partition coefficient (Wildman–Crippen LogP) is 1.90. The summed E-state index contributed by atoms with van der Waals surface area (Å²) in [4.78, 5) is 15.6. The Balaban J connectivity index is 2.15. The smallest absolute Gasteiger partial charge is 0.222 e. The highest BCUT2D eigenvalue weighted by atomic mass is 19.1. The number of rotatable bonds is 4. The zero-order chi connectivity index (χ0) is 15.4. The number of ether oxygens (including phenoxy) is 2. The van der Waals surface area contributed by atoms with Gasteiger partial charge in [0.25, 0.3) is 0 Å². The molecular weight excluding hydrogens is 275 g/mol. The number of benzene rings is 1. The van der Waals surface area contributed by atoms with Gasteiger partial charge in [-0.3, -0.25) is 4.79 Å². The topological polar surface area (TPSA) is 42.0 Å². The highest BCUT2D eigenvalue weighted by Gasteiger charge is 2.22. The van der Waals surface area contributed by atoms with Crippen molar-refractivity contribution in [3.8, 4) is 11.5 Å². The SMILES string of the molecule is CCC(=O)N1CCN(c2cc(OC)c(F)c(OC)c2)CC1. The summed E-state index contributed by atoms with van der Waals surface area (Å²) in [5.74, 6) is 0.000271. The largest absolute Gasteiger partial charge is 0.493 e. The summed E-state index contributed by atoms with van der Waals surface area (Å²) in [6, 6.07) is 3.32. The second-order valence-electron chi connectivity index (χ2n) is 4.89. The highest BCUT2D eigenvalue weighted by molar-refractivity contribution is 5.76. The molecule has 1 saturated heterocycles. The molecule has 0 spiro atoms. The van der Waals surface area contributed by atoms with Gasteiger partial charge in [0.1, 0.15) is 0 Å². The maximum atomic E-state index is 13.9. The van der Waals surface area contributed by atoms with Crippen LogP contribution in [0.15, 0.2) is 12.1 Å². The second-order valence-corrected chi connectivity index (χ2v) is 4.89. The van der Waals surface area contributed by atoms with Crippen molar-refractivity contribution in [1.29, 1.82) is 0 Å². The Labute approximate surface area is 124 Å². The molecule has 2 rings (SSSR count). The molecule has 0 bridgehead atoms. The van der Waals surface area contributed by atoms with Crippen LogP contribution in [-0.4, -0.2) is 51.2 Å². The van der Waals surface area contributed by atoms with E-state index in [1.807, 2.05) is 11.8 Å². The third-order valence-corrected chi connectivity index (χ3v) is 3.73. The predicted molar refractivity (Wildman–Crippen MR) is 78.6 cm³/mol. The molecule has 1 aromatic rings. The Morgan fingerprint density at radius 3 is 2.10 bits per heavy atom. The monoisotopic (exact) mass is 296 g/mol. The Bertz CT molecular complexity index is 489. The van der Waals surface area contributed by atoms with Crippen LogP contribution in [0.1, 0.15) is 13.3 Å². The summed E-state index contributed by atoms with van der Waals surface area (Å²) >= 11 is 0. The fourth-order valence-electron chi connectivity index (χ4n) is 2.48. The van der Waals surface area contributed by atoms with Gasteiger partial charge in [0.15, 0.2) is 11.5 Å². The van der Waals surface area contributed by atoms with Gasteiger partial charge in [-0.1, -0.05) is 6.92 Å². The lowest BCUT2D eigenvalue weighted by molar-refractivity contribution is -0.131. The molecule has 0 unspecified atom stereocenters. The molecule has 116 valence electrons. The molecule has 0 aromatic heterocycles. The summed E-state index contributed by atoms with van der Waals surface area (Å²) in [5.41, 5.74) is 0.841. The molecule has 21 heavy (non-hydrogen) atoms. The number of methoxy groups -OCH3 is 2. The number of hydrogen-bond donors (Lipinski definition) is 0. The van der Waals surface area contributed by atoms with Crippen LogP contribution in [0.3, 0.4) is 0 Å². The molecule has 0 saturated carbocycles. The fraction of sp³-hybridized carbons (Fsp3) is 0.533. The first-order valence-electron chi connectivity index (χ1n) is 7.05. The van der Waals surface area contributed by atoms with E-state index in [1.54, 1.807) is 12.1 Å². The first kappa shape index (κ1) is 15.4. The second kappa shape index (κ2) is 6.65. The first-order valence-corrected chi connectivity index (χ1v) is 7.05. The van der Waals surface area contributed by atoms with E-state index < -0.39 is 5.82 Å². The zero-order valence-corrected chi connectivity index (χ0v) is 12.7. The molecular formula is C15H21FN2O3. The normalized spacial score (nSPS) is 15.0. The maximum Gasteiger partial charge on any atom is 0.222 e. The summed E-state index contributed by atoms with van der Waals surface area (Å²) < 4.78 is 24.0. The van der Waals surface area contributed by atoms with Gasteiger partial charge in [-0.05, 0) is 0 Å². The summed E-state index contributed by atoms with van der Waals surface area (Å²) in [5, 5.41) is 0. The van der Waals surface area contributed by atoms with Gasteiger partial charge in [-0.25, -0.2) is 0 Å². The number of halogens is 1. The molecule has 0 radical (unpaired) electrons. The van der Waals surface area contributed by atoms with E-state index in [2.05, 4.69) is 4.90 Å². The van der Waals surface area contributed by atoms with Crippen LogP contribution in [0.25, 0.3) is 0 Å². The van der Waals surface area contributed by atoms with E-state index in [0.29, 0.717) is 32.6 Å². The standard InChI is InChI=1S/C15H21FN2O3/c1-4-14(19)18-7-5-17(6-8-18)11-9-12(20-2)15(16)13(10-11)21-3/h9-10H,4-8H2,1-3H3. The van der Waals surface area contributed by atoms with Gasteiger partial charge in [0, 0.05) is 50.4 Å². The lowest BCUT2D eigenvalue weighted by atomic mass is 10.2. The van der Waals surface area contributed by atoms with E-state index in [1.165, 1.54) is 14.2 Å². The average Bonchev–Trinajstić information content (AvgIpc) is 2.54.